The Balaban J connectivity index is 2.15. The van der Waals surface area contributed by atoms with Gasteiger partial charge < -0.3 is 15.0 Å². The first-order valence-corrected chi connectivity index (χ1v) is 9.74. The smallest absolute Gasteiger partial charge is 0.244 e. The van der Waals surface area contributed by atoms with E-state index < -0.39 is 0 Å². The van der Waals surface area contributed by atoms with Crippen LogP contribution in [0.15, 0.2) is 18.2 Å². The molecule has 0 aliphatic carbocycles. The van der Waals surface area contributed by atoms with E-state index in [2.05, 4.69) is 19.2 Å². The molecule has 2 aromatic rings. The van der Waals surface area contributed by atoms with Gasteiger partial charge >= 0.3 is 0 Å². The molecule has 144 valence electrons. The maximum absolute atomic E-state index is 12.5. The van der Waals surface area contributed by atoms with E-state index in [0.29, 0.717) is 22.3 Å². The zero-order chi connectivity index (χ0) is 19.7. The van der Waals surface area contributed by atoms with Gasteiger partial charge in [0.2, 0.25) is 5.91 Å². The number of halogens is 1. The Morgan fingerprint density at radius 3 is 2.41 bits per heavy atom. The minimum atomic E-state index is -0.0868. The highest BCUT2D eigenvalue weighted by Gasteiger charge is 2.30. The second kappa shape index (κ2) is 7.77. The largest absolute Gasteiger partial charge is 0.488 e. The summed E-state index contributed by atoms with van der Waals surface area (Å²) in [6.07, 6.45) is 1.90. The number of benzene rings is 1. The molecular weight excluding hydrogens is 362 g/mol. The van der Waals surface area contributed by atoms with Crippen LogP contribution < -0.4 is 15.0 Å². The predicted molar refractivity (Wildman–Crippen MR) is 111 cm³/mol. The zero-order valence-electron chi connectivity index (χ0n) is 16.5. The molecule has 1 aromatic carbocycles. The van der Waals surface area contributed by atoms with Gasteiger partial charge in [-0.25, -0.2) is 4.98 Å². The van der Waals surface area contributed by atoms with E-state index >= 15 is 0 Å². The second-order valence-electron chi connectivity index (χ2n) is 7.04. The van der Waals surface area contributed by atoms with Crippen molar-refractivity contribution in [3.8, 4) is 5.75 Å². The molecule has 0 spiro atoms. The predicted octanol–water partition coefficient (Wildman–Crippen LogP) is 5.32. The summed E-state index contributed by atoms with van der Waals surface area (Å²) in [7, 11) is 0. The topological polar surface area (TPSA) is 54.5 Å². The molecule has 0 saturated heterocycles. The molecular formula is C21H26ClN3O2. The van der Waals surface area contributed by atoms with Gasteiger partial charge in [0.1, 0.15) is 18.0 Å². The van der Waals surface area contributed by atoms with Crippen molar-refractivity contribution in [2.75, 3.05) is 16.8 Å². The maximum Gasteiger partial charge on any atom is 0.244 e. The fraction of sp³-hybridized carbons (Fsp3) is 0.429. The molecule has 0 unspecified atom stereocenters. The number of ether oxygens (including phenoxy) is 1. The van der Waals surface area contributed by atoms with Crippen LogP contribution in [0.3, 0.4) is 0 Å². The van der Waals surface area contributed by atoms with Crippen LogP contribution in [0, 0.1) is 20.8 Å². The average Bonchev–Trinajstić information content (AvgIpc) is 2.59. The number of carbonyl (C=O) groups is 1. The van der Waals surface area contributed by atoms with Gasteiger partial charge in [0.15, 0.2) is 5.82 Å². The van der Waals surface area contributed by atoms with E-state index in [0.717, 1.165) is 35.3 Å². The summed E-state index contributed by atoms with van der Waals surface area (Å²) in [4.78, 5) is 19.2. The highest BCUT2D eigenvalue weighted by molar-refractivity contribution is 6.30. The molecule has 0 fully saturated rings. The van der Waals surface area contributed by atoms with Crippen molar-refractivity contribution in [3.05, 3.63) is 40.0 Å². The van der Waals surface area contributed by atoms with Gasteiger partial charge in [-0.15, -0.1) is 0 Å². The van der Waals surface area contributed by atoms with Crippen molar-refractivity contribution in [2.24, 2.45) is 0 Å². The van der Waals surface area contributed by atoms with Gasteiger partial charge in [0.25, 0.3) is 0 Å². The summed E-state index contributed by atoms with van der Waals surface area (Å²) >= 11 is 6.20. The first-order valence-electron chi connectivity index (χ1n) is 9.36. The van der Waals surface area contributed by atoms with E-state index in [9.17, 15) is 4.79 Å². The molecule has 0 saturated carbocycles. The van der Waals surface area contributed by atoms with E-state index in [-0.39, 0.29) is 18.6 Å². The van der Waals surface area contributed by atoms with Crippen molar-refractivity contribution >= 4 is 34.7 Å². The minimum Gasteiger partial charge on any atom is -0.488 e. The Hall–Kier alpha value is -2.27. The summed E-state index contributed by atoms with van der Waals surface area (Å²) in [5.41, 5.74) is 4.46. The average molecular weight is 388 g/mol. The summed E-state index contributed by atoms with van der Waals surface area (Å²) in [5.74, 6) is 1.30. The number of aryl methyl sites for hydroxylation is 3. The van der Waals surface area contributed by atoms with E-state index in [1.807, 2.05) is 43.9 Å². The van der Waals surface area contributed by atoms with Crippen LogP contribution in [0.1, 0.15) is 43.5 Å². The number of hydrogen-bond donors (Lipinski definition) is 1. The molecule has 1 aromatic heterocycles. The number of nitrogens with one attached hydrogen (secondary N) is 1. The fourth-order valence-electron chi connectivity index (χ4n) is 3.58. The van der Waals surface area contributed by atoms with Crippen molar-refractivity contribution < 1.29 is 9.53 Å². The summed E-state index contributed by atoms with van der Waals surface area (Å²) in [6, 6.07) is 5.71. The summed E-state index contributed by atoms with van der Waals surface area (Å²) < 4.78 is 6.20. The summed E-state index contributed by atoms with van der Waals surface area (Å²) in [5, 5.41) is 3.65. The molecule has 1 N–H and O–H groups in total. The molecule has 27 heavy (non-hydrogen) atoms. The van der Waals surface area contributed by atoms with Gasteiger partial charge in [0, 0.05) is 22.5 Å². The van der Waals surface area contributed by atoms with Crippen LogP contribution in [0.2, 0.25) is 5.02 Å². The highest BCUT2D eigenvalue weighted by atomic mass is 35.5. The van der Waals surface area contributed by atoms with Gasteiger partial charge in [-0.2, -0.15) is 0 Å². The number of pyridine rings is 1. The summed E-state index contributed by atoms with van der Waals surface area (Å²) in [6.45, 7) is 10.3. The molecule has 0 radical (unpaired) electrons. The maximum atomic E-state index is 12.5. The number of carbonyl (C=O) groups excluding carboxylic acids is 1. The van der Waals surface area contributed by atoms with Crippen molar-refractivity contribution in [3.63, 3.8) is 0 Å². The minimum absolute atomic E-state index is 0.0868. The van der Waals surface area contributed by atoms with Gasteiger partial charge in [-0.1, -0.05) is 25.4 Å². The Kier molecular flexibility index (Phi) is 5.61. The Labute approximate surface area is 165 Å². The third-order valence-electron chi connectivity index (χ3n) is 4.84. The van der Waals surface area contributed by atoms with Crippen LogP contribution in [0.25, 0.3) is 0 Å². The molecule has 5 nitrogen and oxygen atoms in total. The number of anilines is 3. The van der Waals surface area contributed by atoms with Crippen molar-refractivity contribution in [2.45, 2.75) is 53.6 Å². The van der Waals surface area contributed by atoms with Gasteiger partial charge in [-0.3, -0.25) is 4.79 Å². The number of rotatable bonds is 5. The highest BCUT2D eigenvalue weighted by Crippen LogP contribution is 2.43. The van der Waals surface area contributed by atoms with Gasteiger partial charge in [0.05, 0.1) is 6.10 Å². The molecule has 1 amide bonds. The number of nitrogens with zero attached hydrogens (tertiary/aromatic N) is 2. The second-order valence-corrected chi connectivity index (χ2v) is 7.48. The van der Waals surface area contributed by atoms with Crippen LogP contribution in [0.4, 0.5) is 17.2 Å². The third kappa shape index (κ3) is 3.88. The number of hydrogen-bond acceptors (Lipinski definition) is 4. The van der Waals surface area contributed by atoms with E-state index in [1.54, 1.807) is 0 Å². The van der Waals surface area contributed by atoms with Crippen LogP contribution >= 0.6 is 11.6 Å². The Morgan fingerprint density at radius 1 is 1.19 bits per heavy atom. The monoisotopic (exact) mass is 387 g/mol. The molecule has 2 heterocycles. The quantitative estimate of drug-likeness (QED) is 0.754. The molecule has 1 aliphatic heterocycles. The lowest BCUT2D eigenvalue weighted by Gasteiger charge is -2.33. The SMILES string of the molecule is CCC(CC)Oc1cc(C)nc2c1NC(=O)CN2c1c(C)cc(Cl)cc1C. The lowest BCUT2D eigenvalue weighted by molar-refractivity contribution is -0.115. The van der Waals surface area contributed by atoms with E-state index in [1.165, 1.54) is 0 Å². The molecule has 3 rings (SSSR count). The standard InChI is InChI=1S/C21H26ClN3O2/c1-6-16(7-2)27-17-10-14(5)23-21-19(17)24-18(26)11-25(21)20-12(3)8-15(22)9-13(20)4/h8-10,16H,6-7,11H2,1-5H3,(H,24,26). The number of aromatic nitrogens is 1. The van der Waals surface area contributed by atoms with Crippen molar-refractivity contribution in [1.82, 2.24) is 4.98 Å². The van der Waals surface area contributed by atoms with Crippen LogP contribution in [-0.2, 0) is 4.79 Å². The molecule has 0 bridgehead atoms. The first-order chi connectivity index (χ1) is 12.8. The van der Waals surface area contributed by atoms with Crippen LogP contribution in [0.5, 0.6) is 5.75 Å². The normalized spacial score (nSPS) is 13.6. The van der Waals surface area contributed by atoms with Crippen molar-refractivity contribution in [1.29, 1.82) is 0 Å². The Bertz CT molecular complexity index is 855. The number of amides is 1. The Morgan fingerprint density at radius 2 is 1.81 bits per heavy atom. The molecule has 1 aliphatic rings. The van der Waals surface area contributed by atoms with E-state index in [4.69, 9.17) is 21.3 Å². The van der Waals surface area contributed by atoms with Gasteiger partial charge in [-0.05, 0) is 56.9 Å². The lowest BCUT2D eigenvalue weighted by Crippen LogP contribution is -2.37. The first kappa shape index (κ1) is 19.5. The molecule has 0 atom stereocenters. The fourth-order valence-corrected chi connectivity index (χ4v) is 3.91. The van der Waals surface area contributed by atoms with Crippen LogP contribution in [-0.4, -0.2) is 23.5 Å². The number of fused-ring (bicyclic) bond motifs is 1. The lowest BCUT2D eigenvalue weighted by atomic mass is 10.1. The third-order valence-corrected chi connectivity index (χ3v) is 5.06. The zero-order valence-corrected chi connectivity index (χ0v) is 17.3. The molecule has 6 heteroatoms.